The highest BCUT2D eigenvalue weighted by atomic mass is 32.2. The second-order valence-corrected chi connectivity index (χ2v) is 7.42. The third-order valence-corrected chi connectivity index (χ3v) is 4.41. The van der Waals surface area contributed by atoms with Crippen molar-refractivity contribution in [3.05, 3.63) is 22.9 Å². The standard InChI is InChI=1S/C11H11F3N2O2S2/c1-7-5-9(11(12,13)14)8(6-15)10(16-7)19-3-4-20(2,17)18/h5H,3-4H2,1-2H3. The number of pyridine rings is 1. The van der Waals surface area contributed by atoms with E-state index < -0.39 is 27.1 Å². The van der Waals surface area contributed by atoms with Crippen molar-refractivity contribution < 1.29 is 21.6 Å². The summed E-state index contributed by atoms with van der Waals surface area (Å²) in [6.45, 7) is 1.39. The first kappa shape index (κ1) is 16.8. The Morgan fingerprint density at radius 3 is 2.50 bits per heavy atom. The SMILES string of the molecule is Cc1cc(C(F)(F)F)c(C#N)c(SCCS(C)(=O)=O)n1. The van der Waals surface area contributed by atoms with Crippen LogP contribution in [0.1, 0.15) is 16.8 Å². The molecule has 1 heterocycles. The van der Waals surface area contributed by atoms with E-state index in [1.54, 1.807) is 0 Å². The molecule has 0 aliphatic rings. The molecule has 4 nitrogen and oxygen atoms in total. The van der Waals surface area contributed by atoms with Gasteiger partial charge in [0.05, 0.1) is 16.9 Å². The smallest absolute Gasteiger partial charge is 0.245 e. The van der Waals surface area contributed by atoms with Crippen molar-refractivity contribution in [2.45, 2.75) is 18.1 Å². The van der Waals surface area contributed by atoms with Crippen LogP contribution in [-0.2, 0) is 16.0 Å². The fourth-order valence-electron chi connectivity index (χ4n) is 1.37. The topological polar surface area (TPSA) is 70.8 Å². The van der Waals surface area contributed by atoms with E-state index in [2.05, 4.69) is 4.98 Å². The minimum atomic E-state index is -4.65. The first-order chi connectivity index (χ1) is 9.04. The quantitative estimate of drug-likeness (QED) is 0.796. The maximum absolute atomic E-state index is 12.8. The summed E-state index contributed by atoms with van der Waals surface area (Å²) < 4.78 is 60.4. The lowest BCUT2D eigenvalue weighted by Crippen LogP contribution is -2.11. The fourth-order valence-corrected chi connectivity index (χ4v) is 3.62. The van der Waals surface area contributed by atoms with Gasteiger partial charge in [-0.15, -0.1) is 11.8 Å². The van der Waals surface area contributed by atoms with Crippen molar-refractivity contribution in [3.8, 4) is 6.07 Å². The van der Waals surface area contributed by atoms with E-state index in [-0.39, 0.29) is 22.2 Å². The molecule has 0 aromatic carbocycles. The molecule has 0 N–H and O–H groups in total. The molecule has 110 valence electrons. The molecule has 0 aliphatic heterocycles. The van der Waals surface area contributed by atoms with Crippen LogP contribution in [0.3, 0.4) is 0 Å². The van der Waals surface area contributed by atoms with Crippen LogP contribution < -0.4 is 0 Å². The van der Waals surface area contributed by atoms with Crippen molar-refractivity contribution in [2.24, 2.45) is 0 Å². The number of hydrogen-bond acceptors (Lipinski definition) is 5. The lowest BCUT2D eigenvalue weighted by atomic mass is 10.1. The van der Waals surface area contributed by atoms with Gasteiger partial charge in [-0.2, -0.15) is 18.4 Å². The van der Waals surface area contributed by atoms with Gasteiger partial charge in [0.25, 0.3) is 0 Å². The van der Waals surface area contributed by atoms with Crippen molar-refractivity contribution in [2.75, 3.05) is 17.8 Å². The number of alkyl halides is 3. The van der Waals surface area contributed by atoms with Crippen LogP contribution in [0.4, 0.5) is 13.2 Å². The summed E-state index contributed by atoms with van der Waals surface area (Å²) >= 11 is 0.830. The highest BCUT2D eigenvalue weighted by Gasteiger charge is 2.35. The predicted octanol–water partition coefficient (Wildman–Crippen LogP) is 2.42. The van der Waals surface area contributed by atoms with Gasteiger partial charge in [-0.25, -0.2) is 13.4 Å². The zero-order chi connectivity index (χ0) is 15.6. The Hall–Kier alpha value is -1.27. The molecule has 0 fully saturated rings. The Morgan fingerprint density at radius 2 is 2.05 bits per heavy atom. The normalized spacial score (nSPS) is 12.2. The van der Waals surface area contributed by atoms with E-state index in [4.69, 9.17) is 5.26 Å². The summed E-state index contributed by atoms with van der Waals surface area (Å²) in [6.07, 6.45) is -3.62. The largest absolute Gasteiger partial charge is 0.417 e. The summed E-state index contributed by atoms with van der Waals surface area (Å²) in [5.41, 5.74) is -1.49. The number of aromatic nitrogens is 1. The third kappa shape index (κ3) is 4.68. The Morgan fingerprint density at radius 1 is 1.45 bits per heavy atom. The minimum absolute atomic E-state index is 0.0429. The Kier molecular flexibility index (Phi) is 5.05. The number of halogens is 3. The number of nitriles is 1. The summed E-state index contributed by atoms with van der Waals surface area (Å²) in [5, 5.41) is 8.80. The van der Waals surface area contributed by atoms with Gasteiger partial charge in [0, 0.05) is 17.7 Å². The van der Waals surface area contributed by atoms with Gasteiger partial charge in [0.15, 0.2) is 0 Å². The maximum atomic E-state index is 12.8. The van der Waals surface area contributed by atoms with E-state index in [9.17, 15) is 21.6 Å². The van der Waals surface area contributed by atoms with Gasteiger partial charge in [-0.05, 0) is 13.0 Å². The molecule has 0 unspecified atom stereocenters. The number of hydrogen-bond donors (Lipinski definition) is 0. The van der Waals surface area contributed by atoms with E-state index in [1.165, 1.54) is 13.0 Å². The van der Waals surface area contributed by atoms with Gasteiger partial charge < -0.3 is 0 Å². The average molecular weight is 324 g/mol. The Balaban J connectivity index is 3.14. The Bertz CT molecular complexity index is 649. The molecule has 0 radical (unpaired) electrons. The summed E-state index contributed by atoms with van der Waals surface area (Å²) in [5.74, 6) is -0.152. The van der Waals surface area contributed by atoms with Crippen LogP contribution in [-0.4, -0.2) is 31.2 Å². The zero-order valence-corrected chi connectivity index (χ0v) is 12.3. The highest BCUT2D eigenvalue weighted by Crippen LogP contribution is 2.35. The van der Waals surface area contributed by atoms with E-state index in [1.807, 2.05) is 0 Å². The molecule has 0 saturated carbocycles. The molecular weight excluding hydrogens is 313 g/mol. The van der Waals surface area contributed by atoms with Gasteiger partial charge in [-0.3, -0.25) is 0 Å². The van der Waals surface area contributed by atoms with Crippen LogP contribution in [0.2, 0.25) is 0 Å². The fraction of sp³-hybridized carbons (Fsp3) is 0.455. The first-order valence-electron chi connectivity index (χ1n) is 5.34. The number of thioether (sulfide) groups is 1. The van der Waals surface area contributed by atoms with Crippen molar-refractivity contribution >= 4 is 21.6 Å². The van der Waals surface area contributed by atoms with Crippen LogP contribution in [0.25, 0.3) is 0 Å². The summed E-state index contributed by atoms with van der Waals surface area (Å²) in [6, 6.07) is 2.30. The molecule has 0 aliphatic carbocycles. The van der Waals surface area contributed by atoms with Crippen LogP contribution in [0.15, 0.2) is 11.1 Å². The molecule has 0 bridgehead atoms. The second-order valence-electron chi connectivity index (χ2n) is 4.08. The molecule has 1 aromatic rings. The minimum Gasteiger partial charge on any atom is -0.245 e. The molecule has 0 amide bonds. The van der Waals surface area contributed by atoms with Gasteiger partial charge in [0.1, 0.15) is 20.9 Å². The number of sulfone groups is 1. The zero-order valence-electron chi connectivity index (χ0n) is 10.7. The first-order valence-corrected chi connectivity index (χ1v) is 8.38. The summed E-state index contributed by atoms with van der Waals surface area (Å²) in [7, 11) is -3.22. The average Bonchev–Trinajstić information content (AvgIpc) is 2.25. The van der Waals surface area contributed by atoms with Crippen molar-refractivity contribution in [3.63, 3.8) is 0 Å². The van der Waals surface area contributed by atoms with Gasteiger partial charge in [-0.1, -0.05) is 0 Å². The number of aryl methyl sites for hydroxylation is 1. The van der Waals surface area contributed by atoms with Gasteiger partial charge in [0.2, 0.25) is 0 Å². The monoisotopic (exact) mass is 324 g/mol. The van der Waals surface area contributed by atoms with E-state index >= 15 is 0 Å². The van der Waals surface area contributed by atoms with Crippen LogP contribution >= 0.6 is 11.8 Å². The van der Waals surface area contributed by atoms with E-state index in [0.29, 0.717) is 0 Å². The molecular formula is C11H11F3N2O2S2. The lowest BCUT2D eigenvalue weighted by Gasteiger charge is -2.12. The van der Waals surface area contributed by atoms with E-state index in [0.717, 1.165) is 24.1 Å². The van der Waals surface area contributed by atoms with Crippen molar-refractivity contribution in [1.29, 1.82) is 5.26 Å². The van der Waals surface area contributed by atoms with Crippen molar-refractivity contribution in [1.82, 2.24) is 4.98 Å². The Labute approximate surface area is 118 Å². The molecule has 20 heavy (non-hydrogen) atoms. The number of nitrogens with zero attached hydrogens (tertiary/aromatic N) is 2. The van der Waals surface area contributed by atoms with Gasteiger partial charge >= 0.3 is 6.18 Å². The molecule has 0 atom stereocenters. The number of rotatable bonds is 4. The lowest BCUT2D eigenvalue weighted by molar-refractivity contribution is -0.138. The molecule has 0 spiro atoms. The third-order valence-electron chi connectivity index (χ3n) is 2.22. The molecule has 1 aromatic heterocycles. The van der Waals surface area contributed by atoms with Crippen LogP contribution in [0.5, 0.6) is 0 Å². The summed E-state index contributed by atoms with van der Waals surface area (Å²) in [4.78, 5) is 3.88. The maximum Gasteiger partial charge on any atom is 0.417 e. The predicted molar refractivity (Wildman–Crippen MR) is 69.1 cm³/mol. The van der Waals surface area contributed by atoms with Crippen LogP contribution in [0, 0.1) is 18.3 Å². The molecule has 1 rings (SSSR count). The second kappa shape index (κ2) is 6.01. The highest BCUT2D eigenvalue weighted by molar-refractivity contribution is 8.00. The molecule has 9 heteroatoms. The molecule has 0 saturated heterocycles.